The summed E-state index contributed by atoms with van der Waals surface area (Å²) in [6.07, 6.45) is 1.07. The van der Waals surface area contributed by atoms with E-state index in [2.05, 4.69) is 17.0 Å². The van der Waals surface area contributed by atoms with Gasteiger partial charge in [0.05, 0.1) is 7.11 Å². The minimum atomic E-state index is -0.134. The molecule has 1 N–H and O–H groups in total. The summed E-state index contributed by atoms with van der Waals surface area (Å²) >= 11 is 0. The fourth-order valence-electron chi connectivity index (χ4n) is 1.28. The summed E-state index contributed by atoms with van der Waals surface area (Å²) in [4.78, 5) is 10.9. The van der Waals surface area contributed by atoms with Gasteiger partial charge in [0.25, 0.3) is 0 Å². The molecule has 0 aromatic rings. The van der Waals surface area contributed by atoms with Gasteiger partial charge in [0.2, 0.25) is 0 Å². The molecule has 0 saturated carbocycles. The molecule has 0 aromatic carbocycles. The molecule has 4 heteroatoms. The SMILES string of the molecule is COC(=O)C1NCCC1C.Cl. The molecule has 1 heterocycles. The molecule has 2 unspecified atom stereocenters. The van der Waals surface area contributed by atoms with Crippen LogP contribution in [-0.4, -0.2) is 25.7 Å². The van der Waals surface area contributed by atoms with Crippen molar-refractivity contribution in [3.05, 3.63) is 0 Å². The molecule has 0 radical (unpaired) electrons. The number of hydrogen-bond acceptors (Lipinski definition) is 3. The van der Waals surface area contributed by atoms with E-state index in [0.29, 0.717) is 5.92 Å². The van der Waals surface area contributed by atoms with Gasteiger partial charge in [-0.3, -0.25) is 4.79 Å². The van der Waals surface area contributed by atoms with Crippen molar-refractivity contribution in [3.8, 4) is 0 Å². The molecule has 0 bridgehead atoms. The minimum absolute atomic E-state index is 0. The highest BCUT2D eigenvalue weighted by molar-refractivity contribution is 5.85. The third-order valence-corrected chi connectivity index (χ3v) is 1.99. The lowest BCUT2D eigenvalue weighted by atomic mass is 10.0. The predicted molar refractivity (Wildman–Crippen MR) is 44.8 cm³/mol. The van der Waals surface area contributed by atoms with Crippen LogP contribution in [0, 0.1) is 5.92 Å². The summed E-state index contributed by atoms with van der Waals surface area (Å²) in [6, 6.07) is -0.0648. The number of esters is 1. The number of nitrogens with one attached hydrogen (secondary N) is 1. The van der Waals surface area contributed by atoms with E-state index in [0.717, 1.165) is 13.0 Å². The van der Waals surface area contributed by atoms with Gasteiger partial charge in [0.1, 0.15) is 6.04 Å². The van der Waals surface area contributed by atoms with Gasteiger partial charge in [-0.2, -0.15) is 0 Å². The number of methoxy groups -OCH3 is 1. The molecule has 0 amide bonds. The van der Waals surface area contributed by atoms with Crippen molar-refractivity contribution in [1.82, 2.24) is 5.32 Å². The van der Waals surface area contributed by atoms with Gasteiger partial charge in [0.15, 0.2) is 0 Å². The second kappa shape index (κ2) is 4.57. The van der Waals surface area contributed by atoms with Crippen molar-refractivity contribution in [2.75, 3.05) is 13.7 Å². The Bertz CT molecular complexity index is 140. The van der Waals surface area contributed by atoms with E-state index in [-0.39, 0.29) is 24.4 Å². The Hall–Kier alpha value is -0.280. The van der Waals surface area contributed by atoms with Crippen molar-refractivity contribution < 1.29 is 9.53 Å². The Morgan fingerprint density at radius 2 is 2.27 bits per heavy atom. The third kappa shape index (κ3) is 2.34. The van der Waals surface area contributed by atoms with Gasteiger partial charge in [-0.25, -0.2) is 0 Å². The van der Waals surface area contributed by atoms with Crippen molar-refractivity contribution >= 4 is 18.4 Å². The second-order valence-electron chi connectivity index (χ2n) is 2.72. The van der Waals surface area contributed by atoms with Gasteiger partial charge >= 0.3 is 5.97 Å². The van der Waals surface area contributed by atoms with Crippen LogP contribution in [0.15, 0.2) is 0 Å². The van der Waals surface area contributed by atoms with Crippen molar-refractivity contribution in [2.45, 2.75) is 19.4 Å². The monoisotopic (exact) mass is 179 g/mol. The van der Waals surface area contributed by atoms with E-state index < -0.39 is 0 Å². The first-order valence-electron chi connectivity index (χ1n) is 3.57. The zero-order chi connectivity index (χ0) is 7.56. The summed E-state index contributed by atoms with van der Waals surface area (Å²) in [7, 11) is 1.43. The predicted octanol–water partition coefficient (Wildman–Crippen LogP) is 0.579. The van der Waals surface area contributed by atoms with Crippen LogP contribution in [0.5, 0.6) is 0 Å². The Balaban J connectivity index is 0.000001000. The number of carbonyl (C=O) groups is 1. The minimum Gasteiger partial charge on any atom is -0.468 e. The van der Waals surface area contributed by atoms with E-state index in [1.54, 1.807) is 0 Å². The average Bonchev–Trinajstić information content (AvgIpc) is 2.34. The van der Waals surface area contributed by atoms with Crippen molar-refractivity contribution in [3.63, 3.8) is 0 Å². The molecule has 1 aliphatic heterocycles. The van der Waals surface area contributed by atoms with Gasteiger partial charge in [0, 0.05) is 0 Å². The largest absolute Gasteiger partial charge is 0.468 e. The van der Waals surface area contributed by atoms with Gasteiger partial charge in [-0.1, -0.05) is 6.92 Å². The number of ether oxygens (including phenoxy) is 1. The summed E-state index contributed by atoms with van der Waals surface area (Å²) < 4.78 is 4.60. The molecular formula is C7H14ClNO2. The summed E-state index contributed by atoms with van der Waals surface area (Å²) in [6.45, 7) is 2.99. The molecule has 1 saturated heterocycles. The van der Waals surface area contributed by atoms with Crippen LogP contribution in [0.1, 0.15) is 13.3 Å². The van der Waals surface area contributed by atoms with Crippen molar-refractivity contribution in [1.29, 1.82) is 0 Å². The fourth-order valence-corrected chi connectivity index (χ4v) is 1.28. The maximum absolute atomic E-state index is 10.9. The molecule has 0 aromatic heterocycles. The van der Waals surface area contributed by atoms with E-state index in [1.165, 1.54) is 7.11 Å². The van der Waals surface area contributed by atoms with Crippen LogP contribution in [0.4, 0.5) is 0 Å². The standard InChI is InChI=1S/C7H13NO2.ClH/c1-5-3-4-8-6(5)7(9)10-2;/h5-6,8H,3-4H2,1-2H3;1H. The molecule has 0 spiro atoms. The summed E-state index contributed by atoms with van der Waals surface area (Å²) in [5, 5.41) is 3.08. The molecule has 1 rings (SSSR count). The fraction of sp³-hybridized carbons (Fsp3) is 0.857. The van der Waals surface area contributed by atoms with Crippen molar-refractivity contribution in [2.24, 2.45) is 5.92 Å². The lowest BCUT2D eigenvalue weighted by Crippen LogP contribution is -2.35. The molecule has 1 fully saturated rings. The second-order valence-corrected chi connectivity index (χ2v) is 2.72. The zero-order valence-electron chi connectivity index (χ0n) is 6.79. The third-order valence-electron chi connectivity index (χ3n) is 1.99. The number of carbonyl (C=O) groups excluding carboxylic acids is 1. The Morgan fingerprint density at radius 3 is 2.64 bits per heavy atom. The van der Waals surface area contributed by atoms with E-state index >= 15 is 0 Å². The first-order chi connectivity index (χ1) is 4.75. The average molecular weight is 180 g/mol. The highest BCUT2D eigenvalue weighted by Crippen LogP contribution is 2.14. The van der Waals surface area contributed by atoms with Crippen LogP contribution in [0.25, 0.3) is 0 Å². The van der Waals surface area contributed by atoms with Gasteiger partial charge < -0.3 is 10.1 Å². The maximum Gasteiger partial charge on any atom is 0.323 e. The van der Waals surface area contributed by atoms with Crippen LogP contribution < -0.4 is 5.32 Å². The Kier molecular flexibility index (Phi) is 4.45. The molecule has 2 atom stereocenters. The Morgan fingerprint density at radius 1 is 1.64 bits per heavy atom. The van der Waals surface area contributed by atoms with Gasteiger partial charge in [-0.15, -0.1) is 12.4 Å². The lowest BCUT2D eigenvalue weighted by Gasteiger charge is -2.11. The smallest absolute Gasteiger partial charge is 0.323 e. The normalized spacial score (nSPS) is 29.3. The highest BCUT2D eigenvalue weighted by Gasteiger charge is 2.29. The number of rotatable bonds is 1. The van der Waals surface area contributed by atoms with Crippen LogP contribution >= 0.6 is 12.4 Å². The van der Waals surface area contributed by atoms with Gasteiger partial charge in [-0.05, 0) is 18.9 Å². The first-order valence-corrected chi connectivity index (χ1v) is 3.57. The lowest BCUT2D eigenvalue weighted by molar-refractivity contribution is -0.143. The summed E-state index contributed by atoms with van der Waals surface area (Å²) in [5.74, 6) is 0.289. The Labute approximate surface area is 72.9 Å². The van der Waals surface area contributed by atoms with E-state index in [1.807, 2.05) is 0 Å². The quantitative estimate of drug-likeness (QED) is 0.599. The molecule has 11 heavy (non-hydrogen) atoms. The van der Waals surface area contributed by atoms with Crippen LogP contribution in [0.2, 0.25) is 0 Å². The molecule has 3 nitrogen and oxygen atoms in total. The molecule has 66 valence electrons. The van der Waals surface area contributed by atoms with Crippen LogP contribution in [-0.2, 0) is 9.53 Å². The summed E-state index contributed by atoms with van der Waals surface area (Å²) in [5.41, 5.74) is 0. The topological polar surface area (TPSA) is 38.3 Å². The number of halogens is 1. The molecule has 0 aliphatic carbocycles. The highest BCUT2D eigenvalue weighted by atomic mass is 35.5. The van der Waals surface area contributed by atoms with E-state index in [4.69, 9.17) is 0 Å². The first kappa shape index (κ1) is 10.7. The van der Waals surface area contributed by atoms with Crippen LogP contribution in [0.3, 0.4) is 0 Å². The number of hydrogen-bond donors (Lipinski definition) is 1. The zero-order valence-corrected chi connectivity index (χ0v) is 7.61. The van der Waals surface area contributed by atoms with E-state index in [9.17, 15) is 4.79 Å². The molecule has 1 aliphatic rings. The maximum atomic E-state index is 10.9. The molecular weight excluding hydrogens is 166 g/mol.